The smallest absolute Gasteiger partial charge is 0.293 e. The normalized spacial score (nSPS) is 10.1. The number of imide groups is 1. The predicted molar refractivity (Wildman–Crippen MR) is 72.8 cm³/mol. The molecule has 0 saturated heterocycles. The van der Waals surface area contributed by atoms with Crippen LogP contribution in [0.15, 0.2) is 52.0 Å². The number of carbonyl (C=O) groups excluding carboxylic acids is 2. The molecule has 0 radical (unpaired) electrons. The van der Waals surface area contributed by atoms with Gasteiger partial charge >= 0.3 is 0 Å². The number of furan rings is 1. The Balaban J connectivity index is 1.82. The van der Waals surface area contributed by atoms with E-state index in [1.165, 1.54) is 24.1 Å². The maximum Gasteiger partial charge on any atom is 0.293 e. The van der Waals surface area contributed by atoms with Gasteiger partial charge in [-0.1, -0.05) is 0 Å². The fraction of sp³-hybridized carbons (Fsp3) is 0.0769. The molecule has 0 aliphatic carbocycles. The molecule has 1 aromatic heterocycles. The van der Waals surface area contributed by atoms with Gasteiger partial charge in [0.2, 0.25) is 5.91 Å². The van der Waals surface area contributed by atoms with E-state index in [0.717, 1.165) is 4.90 Å². The molecule has 0 atom stereocenters. The van der Waals surface area contributed by atoms with Gasteiger partial charge in [-0.05, 0) is 36.4 Å². The highest BCUT2D eigenvalue weighted by Crippen LogP contribution is 2.18. The fourth-order valence-electron chi connectivity index (χ4n) is 1.35. The summed E-state index contributed by atoms with van der Waals surface area (Å²) in [7, 11) is 0. The summed E-state index contributed by atoms with van der Waals surface area (Å²) in [6, 6.07) is 10.2. The minimum absolute atomic E-state index is 0.117. The summed E-state index contributed by atoms with van der Waals surface area (Å²) < 4.78 is 4.89. The van der Waals surface area contributed by atoms with Gasteiger partial charge in [0.15, 0.2) is 5.76 Å². The van der Waals surface area contributed by atoms with Gasteiger partial charge in [0.1, 0.15) is 0 Å². The number of nitrogen functional groups attached to an aromatic ring is 1. The zero-order chi connectivity index (χ0) is 13.7. The number of benzene rings is 1. The highest BCUT2D eigenvalue weighted by atomic mass is 32.2. The topological polar surface area (TPSA) is 85.3 Å². The van der Waals surface area contributed by atoms with Crippen LogP contribution in [-0.2, 0) is 4.79 Å². The average molecular weight is 276 g/mol. The molecule has 19 heavy (non-hydrogen) atoms. The number of anilines is 1. The molecular weight excluding hydrogens is 264 g/mol. The van der Waals surface area contributed by atoms with Gasteiger partial charge < -0.3 is 10.2 Å². The zero-order valence-corrected chi connectivity index (χ0v) is 10.8. The average Bonchev–Trinajstić information content (AvgIpc) is 2.92. The Bertz CT molecular complexity index is 564. The van der Waals surface area contributed by atoms with Crippen molar-refractivity contribution >= 4 is 29.3 Å². The van der Waals surface area contributed by atoms with Gasteiger partial charge in [-0.15, -0.1) is 11.8 Å². The van der Waals surface area contributed by atoms with Crippen molar-refractivity contribution in [3.8, 4) is 0 Å². The standard InChI is InChI=1S/C13H12N2O3S/c14-9-3-5-10(6-4-9)19-8-12(16)15-13(17)11-2-1-7-18-11/h1-7H,8,14H2,(H,15,16,17). The maximum absolute atomic E-state index is 11.6. The molecule has 2 aromatic rings. The number of rotatable bonds is 4. The van der Waals surface area contributed by atoms with E-state index in [4.69, 9.17) is 10.2 Å². The molecule has 1 heterocycles. The van der Waals surface area contributed by atoms with E-state index in [1.807, 2.05) is 12.1 Å². The van der Waals surface area contributed by atoms with Gasteiger partial charge in [0.25, 0.3) is 5.91 Å². The van der Waals surface area contributed by atoms with Crippen LogP contribution >= 0.6 is 11.8 Å². The molecule has 0 aliphatic rings. The second-order valence-electron chi connectivity index (χ2n) is 3.71. The molecule has 0 saturated carbocycles. The van der Waals surface area contributed by atoms with E-state index in [2.05, 4.69) is 5.32 Å². The van der Waals surface area contributed by atoms with Crippen molar-refractivity contribution in [1.82, 2.24) is 5.32 Å². The molecule has 0 fully saturated rings. The van der Waals surface area contributed by atoms with Crippen molar-refractivity contribution in [2.24, 2.45) is 0 Å². The Labute approximate surface area is 114 Å². The lowest BCUT2D eigenvalue weighted by atomic mass is 10.3. The minimum Gasteiger partial charge on any atom is -0.459 e. The van der Waals surface area contributed by atoms with Crippen molar-refractivity contribution in [2.45, 2.75) is 4.90 Å². The Hall–Kier alpha value is -2.21. The summed E-state index contributed by atoms with van der Waals surface area (Å²) >= 11 is 1.33. The monoisotopic (exact) mass is 276 g/mol. The summed E-state index contributed by atoms with van der Waals surface area (Å²) in [5, 5.41) is 2.25. The van der Waals surface area contributed by atoms with Crippen molar-refractivity contribution in [1.29, 1.82) is 0 Å². The Morgan fingerprint density at radius 2 is 1.95 bits per heavy atom. The largest absolute Gasteiger partial charge is 0.459 e. The lowest BCUT2D eigenvalue weighted by Crippen LogP contribution is -2.31. The van der Waals surface area contributed by atoms with Crippen molar-refractivity contribution in [3.63, 3.8) is 0 Å². The van der Waals surface area contributed by atoms with E-state index in [1.54, 1.807) is 18.2 Å². The molecule has 0 aliphatic heterocycles. The first kappa shape index (κ1) is 13.2. The lowest BCUT2D eigenvalue weighted by Gasteiger charge is -2.03. The second-order valence-corrected chi connectivity index (χ2v) is 4.76. The Kier molecular flexibility index (Phi) is 4.25. The van der Waals surface area contributed by atoms with E-state index in [0.29, 0.717) is 5.69 Å². The maximum atomic E-state index is 11.6. The van der Waals surface area contributed by atoms with Crippen molar-refractivity contribution in [2.75, 3.05) is 11.5 Å². The molecule has 1 aromatic carbocycles. The van der Waals surface area contributed by atoms with Gasteiger partial charge in [-0.3, -0.25) is 14.9 Å². The molecule has 6 heteroatoms. The third-order valence-electron chi connectivity index (χ3n) is 2.25. The molecule has 0 unspecified atom stereocenters. The van der Waals surface area contributed by atoms with E-state index < -0.39 is 5.91 Å². The number of hydrogen-bond donors (Lipinski definition) is 2. The first-order valence-corrected chi connectivity index (χ1v) is 6.50. The fourth-order valence-corrected chi connectivity index (χ4v) is 2.04. The third-order valence-corrected chi connectivity index (χ3v) is 3.26. The predicted octanol–water partition coefficient (Wildman–Crippen LogP) is 1.91. The summed E-state index contributed by atoms with van der Waals surface area (Å²) in [5.74, 6) is -0.641. The molecular formula is C13H12N2O3S. The summed E-state index contributed by atoms with van der Waals surface area (Å²) in [6.45, 7) is 0. The first-order chi connectivity index (χ1) is 9.15. The molecule has 98 valence electrons. The summed E-state index contributed by atoms with van der Waals surface area (Å²) in [6.07, 6.45) is 1.38. The van der Waals surface area contributed by atoms with Gasteiger partial charge in [-0.2, -0.15) is 0 Å². The van der Waals surface area contributed by atoms with Gasteiger partial charge in [0.05, 0.1) is 12.0 Å². The van der Waals surface area contributed by atoms with Gasteiger partial charge in [0, 0.05) is 10.6 Å². The highest BCUT2D eigenvalue weighted by molar-refractivity contribution is 8.00. The molecule has 3 N–H and O–H groups in total. The Morgan fingerprint density at radius 1 is 1.21 bits per heavy atom. The van der Waals surface area contributed by atoms with Crippen molar-refractivity contribution < 1.29 is 14.0 Å². The molecule has 2 amide bonds. The van der Waals surface area contributed by atoms with Crippen LogP contribution in [-0.4, -0.2) is 17.6 Å². The number of nitrogens with one attached hydrogen (secondary N) is 1. The Morgan fingerprint density at radius 3 is 2.58 bits per heavy atom. The number of thioether (sulfide) groups is 1. The van der Waals surface area contributed by atoms with Crippen LogP contribution < -0.4 is 11.1 Å². The first-order valence-electron chi connectivity index (χ1n) is 5.51. The SMILES string of the molecule is Nc1ccc(SCC(=O)NC(=O)c2ccco2)cc1. The summed E-state index contributed by atoms with van der Waals surface area (Å²) in [5.41, 5.74) is 6.23. The van der Waals surface area contributed by atoms with Crippen molar-refractivity contribution in [3.05, 3.63) is 48.4 Å². The minimum atomic E-state index is -0.534. The second kappa shape index (κ2) is 6.10. The van der Waals surface area contributed by atoms with E-state index in [-0.39, 0.29) is 17.4 Å². The molecule has 0 spiro atoms. The van der Waals surface area contributed by atoms with Crippen LogP contribution in [0, 0.1) is 0 Å². The third kappa shape index (κ3) is 3.89. The summed E-state index contributed by atoms with van der Waals surface area (Å²) in [4.78, 5) is 24.0. The lowest BCUT2D eigenvalue weighted by molar-refractivity contribution is -0.117. The van der Waals surface area contributed by atoms with E-state index in [9.17, 15) is 9.59 Å². The van der Waals surface area contributed by atoms with Crippen LogP contribution in [0.2, 0.25) is 0 Å². The highest BCUT2D eigenvalue weighted by Gasteiger charge is 2.12. The van der Waals surface area contributed by atoms with Crippen LogP contribution in [0.3, 0.4) is 0 Å². The van der Waals surface area contributed by atoms with Crippen LogP contribution in [0.5, 0.6) is 0 Å². The van der Waals surface area contributed by atoms with Crippen LogP contribution in [0.4, 0.5) is 5.69 Å². The van der Waals surface area contributed by atoms with Crippen LogP contribution in [0.25, 0.3) is 0 Å². The van der Waals surface area contributed by atoms with Gasteiger partial charge in [-0.25, -0.2) is 0 Å². The quantitative estimate of drug-likeness (QED) is 0.658. The molecule has 5 nitrogen and oxygen atoms in total. The number of amides is 2. The number of nitrogens with two attached hydrogens (primary N) is 1. The number of carbonyl (C=O) groups is 2. The zero-order valence-electron chi connectivity index (χ0n) is 9.96. The number of hydrogen-bond acceptors (Lipinski definition) is 5. The van der Waals surface area contributed by atoms with E-state index >= 15 is 0 Å². The molecule has 2 rings (SSSR count). The molecule has 0 bridgehead atoms. The van der Waals surface area contributed by atoms with Crippen LogP contribution in [0.1, 0.15) is 10.6 Å².